The van der Waals surface area contributed by atoms with Gasteiger partial charge in [0.15, 0.2) is 0 Å². The molecule has 8 nitrogen and oxygen atoms in total. The summed E-state index contributed by atoms with van der Waals surface area (Å²) in [5, 5.41) is 2.55. The number of aliphatic imine (C=N–C) groups is 1. The summed E-state index contributed by atoms with van der Waals surface area (Å²) in [6.45, 7) is 1.68. The smallest absolute Gasteiger partial charge is 0.345 e. The topological polar surface area (TPSA) is 99.2 Å². The Morgan fingerprint density at radius 3 is 2.44 bits per heavy atom. The fourth-order valence-electron chi connectivity index (χ4n) is 4.73. The van der Waals surface area contributed by atoms with Gasteiger partial charge in [-0.15, -0.1) is 0 Å². The molecular weight excluding hydrogens is 540 g/mol. The van der Waals surface area contributed by atoms with Gasteiger partial charge in [0.1, 0.15) is 17.2 Å². The molecule has 2 aromatic rings. The summed E-state index contributed by atoms with van der Waals surface area (Å²) in [7, 11) is -0.758. The van der Waals surface area contributed by atoms with Crippen molar-refractivity contribution in [3.05, 3.63) is 70.0 Å². The first-order chi connectivity index (χ1) is 18.1. The number of nitrogens with one attached hydrogen (secondary N) is 1. The molecule has 0 aliphatic carbocycles. The van der Waals surface area contributed by atoms with Gasteiger partial charge in [0.05, 0.1) is 16.9 Å². The molecule has 0 saturated carbocycles. The van der Waals surface area contributed by atoms with Crippen LogP contribution in [-0.2, 0) is 27.4 Å². The molecule has 1 saturated heterocycles. The molecule has 4 rings (SSSR count). The Morgan fingerprint density at radius 2 is 1.82 bits per heavy atom. The highest BCUT2D eigenvalue weighted by Gasteiger charge is 2.47. The van der Waals surface area contributed by atoms with Gasteiger partial charge in [-0.2, -0.15) is 13.2 Å². The lowest BCUT2D eigenvalue weighted by Gasteiger charge is -2.34. The highest BCUT2D eigenvalue weighted by atomic mass is 32.2. The third kappa shape index (κ3) is 5.83. The van der Waals surface area contributed by atoms with E-state index in [9.17, 15) is 35.6 Å². The van der Waals surface area contributed by atoms with Crippen LogP contribution in [0.1, 0.15) is 45.5 Å². The van der Waals surface area contributed by atoms with Crippen molar-refractivity contribution in [2.75, 3.05) is 32.9 Å². The van der Waals surface area contributed by atoms with Crippen molar-refractivity contribution in [1.82, 2.24) is 14.5 Å². The fraction of sp³-hybridized carbons (Fsp3) is 0.423. The second-order valence-corrected chi connectivity index (χ2v) is 12.0. The third-order valence-corrected chi connectivity index (χ3v) is 8.95. The fourth-order valence-corrected chi connectivity index (χ4v) is 6.21. The second kappa shape index (κ2) is 10.3. The Bertz CT molecular complexity index is 1450. The Balaban J connectivity index is 1.43. The predicted octanol–water partition coefficient (Wildman–Crippen LogP) is 3.14. The predicted molar refractivity (Wildman–Crippen MR) is 136 cm³/mol. The monoisotopic (exact) mass is 568 g/mol. The molecule has 0 atom stereocenters. The van der Waals surface area contributed by atoms with Crippen LogP contribution in [-0.4, -0.2) is 73.7 Å². The minimum Gasteiger partial charge on any atom is -0.345 e. The van der Waals surface area contributed by atoms with E-state index in [1.165, 1.54) is 47.6 Å². The number of amides is 2. The average molecular weight is 569 g/mol. The molecule has 0 bridgehead atoms. The molecule has 1 spiro atoms. The van der Waals surface area contributed by atoms with Crippen LogP contribution in [0.25, 0.3) is 0 Å². The van der Waals surface area contributed by atoms with E-state index >= 15 is 0 Å². The van der Waals surface area contributed by atoms with Crippen LogP contribution in [0.15, 0.2) is 41.4 Å². The first-order valence-electron chi connectivity index (χ1n) is 12.2. The summed E-state index contributed by atoms with van der Waals surface area (Å²) in [5.41, 5.74) is -1.05. The highest BCUT2D eigenvalue weighted by Crippen LogP contribution is 2.34. The van der Waals surface area contributed by atoms with Crippen LogP contribution in [0.3, 0.4) is 0 Å². The van der Waals surface area contributed by atoms with Gasteiger partial charge >= 0.3 is 6.18 Å². The Kier molecular flexibility index (Phi) is 7.60. The number of aryl methyl sites for hydroxylation is 2. The van der Waals surface area contributed by atoms with Crippen LogP contribution in [0, 0.1) is 12.7 Å². The maximum absolute atomic E-state index is 14.5. The zero-order valence-corrected chi connectivity index (χ0v) is 22.4. The van der Waals surface area contributed by atoms with Crippen LogP contribution in [0.5, 0.6) is 0 Å². The zero-order chi connectivity index (χ0) is 28.8. The van der Waals surface area contributed by atoms with Gasteiger partial charge in [-0.05, 0) is 61.6 Å². The maximum Gasteiger partial charge on any atom is 0.416 e. The molecular formula is C26H28F4N4O4S. The van der Waals surface area contributed by atoms with E-state index in [1.807, 2.05) is 0 Å². The lowest BCUT2D eigenvalue weighted by molar-refractivity contribution is -0.137. The molecule has 2 amide bonds. The van der Waals surface area contributed by atoms with E-state index in [0.29, 0.717) is 11.1 Å². The minimum absolute atomic E-state index is 0.00125. The molecule has 39 heavy (non-hydrogen) atoms. The number of alkyl halides is 3. The SMILES string of the molecule is Cc1cc(C(=O)N(C)C)c(F)cc1CCS(=O)(=O)N1CCC2(CC1)N=C(c1cccc(C(F)(F)F)c1)NC2=O. The molecule has 2 aliphatic heterocycles. The van der Waals surface area contributed by atoms with E-state index in [2.05, 4.69) is 10.3 Å². The van der Waals surface area contributed by atoms with Crippen LogP contribution >= 0.6 is 0 Å². The molecule has 13 heteroatoms. The number of carbonyl (C=O) groups excluding carboxylic acids is 2. The number of piperidine rings is 1. The van der Waals surface area contributed by atoms with Gasteiger partial charge in [0.25, 0.3) is 11.8 Å². The molecule has 210 valence electrons. The minimum atomic E-state index is -4.55. The van der Waals surface area contributed by atoms with Crippen molar-refractivity contribution in [3.8, 4) is 0 Å². The number of amidine groups is 1. The summed E-state index contributed by atoms with van der Waals surface area (Å²) >= 11 is 0. The van der Waals surface area contributed by atoms with Crippen molar-refractivity contribution in [1.29, 1.82) is 0 Å². The normalized spacial score (nSPS) is 17.7. The number of benzene rings is 2. The van der Waals surface area contributed by atoms with Gasteiger partial charge in [-0.3, -0.25) is 14.6 Å². The van der Waals surface area contributed by atoms with E-state index in [4.69, 9.17) is 0 Å². The first-order valence-corrected chi connectivity index (χ1v) is 13.8. The number of sulfonamides is 1. The molecule has 1 fully saturated rings. The van der Waals surface area contributed by atoms with Crippen LogP contribution in [0.2, 0.25) is 0 Å². The van der Waals surface area contributed by atoms with E-state index in [-0.39, 0.29) is 55.1 Å². The molecule has 1 N–H and O–H groups in total. The standard InChI is InChI=1S/C26H28F4N4O4S/c1-16-13-20(23(35)33(2)3)21(27)15-17(16)7-12-39(37,38)34-10-8-25(9-11-34)24(36)31-22(32-25)18-5-4-6-19(14-18)26(28,29)30/h4-6,13-15H,7-12H2,1-3H3,(H,31,32,36). The molecule has 0 radical (unpaired) electrons. The Labute approximate surface area is 223 Å². The van der Waals surface area contributed by atoms with Crippen LogP contribution in [0.4, 0.5) is 17.6 Å². The average Bonchev–Trinajstić information content (AvgIpc) is 3.19. The van der Waals surface area contributed by atoms with E-state index in [1.54, 1.807) is 6.92 Å². The van der Waals surface area contributed by atoms with Crippen molar-refractivity contribution in [2.24, 2.45) is 4.99 Å². The maximum atomic E-state index is 14.5. The van der Waals surface area contributed by atoms with Crippen molar-refractivity contribution >= 4 is 27.7 Å². The number of halogens is 4. The van der Waals surface area contributed by atoms with Crippen molar-refractivity contribution < 1.29 is 35.6 Å². The van der Waals surface area contributed by atoms with E-state index < -0.39 is 44.9 Å². The molecule has 2 aliphatic rings. The number of carbonyl (C=O) groups is 2. The summed E-state index contributed by atoms with van der Waals surface area (Å²) in [4.78, 5) is 30.6. The number of hydrogen-bond donors (Lipinski definition) is 1. The zero-order valence-electron chi connectivity index (χ0n) is 21.6. The Morgan fingerprint density at radius 1 is 1.15 bits per heavy atom. The third-order valence-electron chi connectivity index (χ3n) is 7.08. The van der Waals surface area contributed by atoms with Gasteiger partial charge in [0, 0.05) is 32.7 Å². The molecule has 0 aromatic heterocycles. The Hall–Kier alpha value is -3.32. The van der Waals surface area contributed by atoms with Gasteiger partial charge in [-0.1, -0.05) is 12.1 Å². The molecule has 0 unspecified atom stereocenters. The second-order valence-electron chi connectivity index (χ2n) is 9.95. The summed E-state index contributed by atoms with van der Waals surface area (Å²) in [6.07, 6.45) is -4.39. The lowest BCUT2D eigenvalue weighted by atomic mass is 9.89. The van der Waals surface area contributed by atoms with Gasteiger partial charge < -0.3 is 10.2 Å². The van der Waals surface area contributed by atoms with Crippen LogP contribution < -0.4 is 5.32 Å². The summed E-state index contributed by atoms with van der Waals surface area (Å²) < 4.78 is 81.2. The highest BCUT2D eigenvalue weighted by molar-refractivity contribution is 7.89. The number of nitrogens with zero attached hydrogens (tertiary/aromatic N) is 3. The van der Waals surface area contributed by atoms with Crippen molar-refractivity contribution in [2.45, 2.75) is 37.9 Å². The van der Waals surface area contributed by atoms with Crippen molar-refractivity contribution in [3.63, 3.8) is 0 Å². The largest absolute Gasteiger partial charge is 0.416 e. The lowest BCUT2D eigenvalue weighted by Crippen LogP contribution is -2.50. The first kappa shape index (κ1) is 28.7. The summed E-state index contributed by atoms with van der Waals surface area (Å²) in [5.74, 6) is -1.98. The number of hydrogen-bond acceptors (Lipinski definition) is 5. The van der Waals surface area contributed by atoms with E-state index in [0.717, 1.165) is 12.1 Å². The van der Waals surface area contributed by atoms with Gasteiger partial charge in [-0.25, -0.2) is 17.1 Å². The summed E-state index contributed by atoms with van der Waals surface area (Å²) in [6, 6.07) is 7.07. The van der Waals surface area contributed by atoms with Gasteiger partial charge in [0.2, 0.25) is 10.0 Å². The molecule has 2 heterocycles. The number of rotatable bonds is 6. The molecule has 2 aromatic carbocycles. The quantitative estimate of drug-likeness (QED) is 0.542.